The van der Waals surface area contributed by atoms with Gasteiger partial charge in [-0.1, -0.05) is 37.3 Å². The topological polar surface area (TPSA) is 258 Å². The second-order valence-electron chi connectivity index (χ2n) is 16.5. The summed E-state index contributed by atoms with van der Waals surface area (Å²) in [7, 11) is 0. The van der Waals surface area contributed by atoms with E-state index in [1.54, 1.807) is 0 Å². The minimum Gasteiger partial charge on any atom is -0.506 e. The van der Waals surface area contributed by atoms with Gasteiger partial charge in [0.2, 0.25) is 0 Å². The molecule has 6 rings (SSSR count). The number of carbonyl (C=O) groups is 2. The highest BCUT2D eigenvalue weighted by molar-refractivity contribution is 5.68. The number of hydrogen-bond acceptors (Lipinski definition) is 14. The van der Waals surface area contributed by atoms with E-state index in [1.807, 2.05) is 112 Å². The van der Waals surface area contributed by atoms with Crippen LogP contribution in [0.1, 0.15) is 121 Å². The van der Waals surface area contributed by atoms with Crippen LogP contribution in [0.15, 0.2) is 61.3 Å². The Labute approximate surface area is 419 Å². The lowest BCUT2D eigenvalue weighted by molar-refractivity contribution is -0.0987. The molecule has 0 atom stereocenters. The maximum atomic E-state index is 9.27. The molecule has 0 radical (unpaired) electrons. The molecular weight excluding hydrogens is 877 g/mol. The maximum absolute atomic E-state index is 9.27. The van der Waals surface area contributed by atoms with E-state index in [0.29, 0.717) is 32.7 Å². The molecule has 5 aromatic heterocycles. The van der Waals surface area contributed by atoms with E-state index in [0.717, 1.165) is 77.6 Å². The minimum atomic E-state index is 0.190. The predicted octanol–water partition coefficient (Wildman–Crippen LogP) is 8.76. The van der Waals surface area contributed by atoms with Gasteiger partial charge in [0.05, 0.1) is 6.20 Å². The Hall–Kier alpha value is -6.13. The van der Waals surface area contributed by atoms with Crippen LogP contribution in [-0.4, -0.2) is 56.8 Å². The van der Waals surface area contributed by atoms with E-state index in [2.05, 4.69) is 71.7 Å². The van der Waals surface area contributed by atoms with Gasteiger partial charge in [0, 0.05) is 110 Å². The number of rotatable bonds is 12. The van der Waals surface area contributed by atoms with Gasteiger partial charge in [-0.05, 0) is 175 Å². The van der Waals surface area contributed by atoms with Crippen LogP contribution >= 0.6 is 0 Å². The third-order valence-corrected chi connectivity index (χ3v) is 12.2. The first-order chi connectivity index (χ1) is 33.4. The van der Waals surface area contributed by atoms with Crippen molar-refractivity contribution in [3.8, 4) is 16.9 Å². The van der Waals surface area contributed by atoms with Crippen LogP contribution in [0.25, 0.3) is 11.1 Å². The van der Waals surface area contributed by atoms with Crippen molar-refractivity contribution >= 4 is 13.6 Å². The van der Waals surface area contributed by atoms with Crippen LogP contribution in [0.2, 0.25) is 0 Å². The molecule has 5 heterocycles. The highest BCUT2D eigenvalue weighted by atomic mass is 16.5. The molecule has 0 amide bonds. The molecule has 0 unspecified atom stereocenters. The average Bonchev–Trinajstić information content (AvgIpc) is 3.37. The summed E-state index contributed by atoms with van der Waals surface area (Å²) in [5.41, 5.74) is 51.0. The molecule has 11 N–H and O–H groups in total. The Balaban J connectivity index is 0.000000845. The standard InChI is InChI=1S/C14H24N2O.C14H16N2.2C9H14N2.C8H12N2O.2CH2O/c1-4-7-17-8-5-6-13-10-16-12(3)11(2)14(13)9-15;1-10-11(2)16-9-14(13(10)8-15)12-6-4-3-5-7-12;2*1-6-5-11-8(3)7(2)9(6)4-10;1-5-6(2)10-4-8(11)7(5)3-9;2*1-2/h10H,4-9,15H2,1-3H3;3-7,9H,8,15H2,1-2H3;2*5H,4,10H2,1-3H3;4,11H,3,9H2,1-2H3;2*1H2. The Morgan fingerprint density at radius 3 is 1.24 bits per heavy atom. The lowest BCUT2D eigenvalue weighted by atomic mass is 9.97. The normalized spacial score (nSPS) is 9.91. The zero-order valence-corrected chi connectivity index (χ0v) is 44.6. The lowest BCUT2D eigenvalue weighted by Gasteiger charge is -2.12. The maximum Gasteiger partial charge on any atom is 0.138 e. The fourth-order valence-corrected chi connectivity index (χ4v) is 7.20. The number of nitrogens with zero attached hydrogens (tertiary/aromatic N) is 5. The number of aromatic nitrogens is 5. The zero-order valence-electron chi connectivity index (χ0n) is 44.6. The summed E-state index contributed by atoms with van der Waals surface area (Å²) in [6, 6.07) is 10.3. The summed E-state index contributed by atoms with van der Waals surface area (Å²) in [5, 5.41) is 9.27. The fourth-order valence-electron chi connectivity index (χ4n) is 7.20. The van der Waals surface area contributed by atoms with E-state index < -0.39 is 0 Å². The van der Waals surface area contributed by atoms with E-state index in [4.69, 9.17) is 43.0 Å². The summed E-state index contributed by atoms with van der Waals surface area (Å²) >= 11 is 0. The summed E-state index contributed by atoms with van der Waals surface area (Å²) < 4.78 is 5.48. The first-order valence-electron chi connectivity index (χ1n) is 23.5. The van der Waals surface area contributed by atoms with E-state index in [-0.39, 0.29) is 5.75 Å². The van der Waals surface area contributed by atoms with Crippen LogP contribution in [-0.2, 0) is 53.5 Å². The van der Waals surface area contributed by atoms with Gasteiger partial charge in [0.15, 0.2) is 0 Å². The molecule has 70 heavy (non-hydrogen) atoms. The van der Waals surface area contributed by atoms with Gasteiger partial charge in [-0.3, -0.25) is 24.9 Å². The summed E-state index contributed by atoms with van der Waals surface area (Å²) in [5.74, 6) is 0.190. The van der Waals surface area contributed by atoms with Gasteiger partial charge in [-0.15, -0.1) is 0 Å². The Bertz CT molecular complexity index is 2330. The number of hydrogen-bond donors (Lipinski definition) is 6. The zero-order chi connectivity index (χ0) is 53.5. The van der Waals surface area contributed by atoms with Gasteiger partial charge in [0.25, 0.3) is 0 Å². The molecule has 0 spiro atoms. The van der Waals surface area contributed by atoms with Gasteiger partial charge < -0.3 is 48.1 Å². The molecule has 0 aliphatic carbocycles. The van der Waals surface area contributed by atoms with Crippen molar-refractivity contribution in [1.29, 1.82) is 0 Å². The van der Waals surface area contributed by atoms with Gasteiger partial charge >= 0.3 is 0 Å². The number of benzene rings is 1. The first kappa shape index (κ1) is 63.9. The number of aromatic hydroxyl groups is 1. The molecular formula is C56H84N10O4. The monoisotopic (exact) mass is 961 g/mol. The number of aryl methyl sites for hydroxylation is 8. The quantitative estimate of drug-likeness (QED) is 0.0627. The number of carbonyl (C=O) groups excluding carboxylic acids is 2. The van der Waals surface area contributed by atoms with Gasteiger partial charge in [-0.25, -0.2) is 0 Å². The molecule has 14 nitrogen and oxygen atoms in total. The highest BCUT2D eigenvalue weighted by Gasteiger charge is 2.10. The Morgan fingerprint density at radius 1 is 0.471 bits per heavy atom. The Morgan fingerprint density at radius 2 is 0.843 bits per heavy atom. The van der Waals surface area contributed by atoms with Crippen LogP contribution in [0.3, 0.4) is 0 Å². The van der Waals surface area contributed by atoms with Gasteiger partial charge in [0.1, 0.15) is 19.3 Å². The smallest absolute Gasteiger partial charge is 0.138 e. The summed E-state index contributed by atoms with van der Waals surface area (Å²) in [4.78, 5) is 37.3. The van der Waals surface area contributed by atoms with Gasteiger partial charge in [-0.2, -0.15) is 0 Å². The first-order valence-corrected chi connectivity index (χ1v) is 23.5. The second kappa shape index (κ2) is 35.0. The third kappa shape index (κ3) is 19.7. The summed E-state index contributed by atoms with van der Waals surface area (Å²) in [6.07, 6.45) is 12.2. The molecule has 6 aromatic rings. The van der Waals surface area contributed by atoms with E-state index >= 15 is 0 Å². The largest absolute Gasteiger partial charge is 0.506 e. The number of pyridine rings is 5. The van der Waals surface area contributed by atoms with Crippen molar-refractivity contribution in [3.05, 3.63) is 162 Å². The minimum absolute atomic E-state index is 0.190. The fraction of sp³-hybridized carbons (Fsp3) is 0.411. The lowest BCUT2D eigenvalue weighted by Crippen LogP contribution is -2.08. The molecule has 1 aromatic carbocycles. The highest BCUT2D eigenvalue weighted by Crippen LogP contribution is 2.26. The molecule has 0 saturated carbocycles. The number of nitrogens with two attached hydrogens (primary N) is 5. The van der Waals surface area contributed by atoms with Crippen LogP contribution in [0, 0.1) is 83.1 Å². The Kier molecular flexibility index (Phi) is 32.0. The van der Waals surface area contributed by atoms with Crippen LogP contribution < -0.4 is 28.7 Å². The summed E-state index contributed by atoms with van der Waals surface area (Å²) in [6.45, 7) is 34.8. The molecule has 0 fully saturated rings. The van der Waals surface area contributed by atoms with Crippen molar-refractivity contribution in [2.24, 2.45) is 28.7 Å². The van der Waals surface area contributed by atoms with Crippen molar-refractivity contribution in [1.82, 2.24) is 24.9 Å². The second-order valence-corrected chi connectivity index (χ2v) is 16.5. The van der Waals surface area contributed by atoms with Crippen LogP contribution in [0.5, 0.6) is 5.75 Å². The molecule has 14 heteroatoms. The van der Waals surface area contributed by atoms with Crippen molar-refractivity contribution < 1.29 is 19.4 Å². The molecule has 0 bridgehead atoms. The van der Waals surface area contributed by atoms with E-state index in [9.17, 15) is 5.11 Å². The third-order valence-electron chi connectivity index (χ3n) is 12.2. The molecule has 0 aliphatic heterocycles. The SMILES string of the molecule is C=O.C=O.CCCOCCCc1cnc(C)c(C)c1CN.Cc1cnc(C)c(C)c1CN.Cc1cnc(C)c(C)c1CN.Cc1ncc(-c2ccccc2)c(CN)c1C.Cc1ncc(O)c(CN)c1C. The molecule has 382 valence electrons. The van der Waals surface area contributed by atoms with Crippen molar-refractivity contribution in [2.45, 2.75) is 142 Å². The molecule has 0 aliphatic rings. The molecule has 0 saturated heterocycles. The average molecular weight is 961 g/mol. The predicted molar refractivity (Wildman–Crippen MR) is 288 cm³/mol. The van der Waals surface area contributed by atoms with Crippen molar-refractivity contribution in [2.75, 3.05) is 13.2 Å². The van der Waals surface area contributed by atoms with Crippen LogP contribution in [0.4, 0.5) is 0 Å². The van der Waals surface area contributed by atoms with E-state index in [1.165, 1.54) is 73.0 Å². The number of ether oxygens (including phenoxy) is 1. The van der Waals surface area contributed by atoms with Crippen molar-refractivity contribution in [3.63, 3.8) is 0 Å².